The molecule has 1 atom stereocenters. The van der Waals surface area contributed by atoms with Gasteiger partial charge in [0.15, 0.2) is 11.9 Å². The SMILES string of the molecule is CCCCOCCC(OC(=O)/C=C/C(=O)O)C(=O)C1CCCCC1. The predicted octanol–water partition coefficient (Wildman–Crippen LogP) is 2.90. The van der Waals surface area contributed by atoms with Crippen molar-refractivity contribution in [2.75, 3.05) is 13.2 Å². The van der Waals surface area contributed by atoms with Crippen molar-refractivity contribution in [3.05, 3.63) is 12.2 Å². The summed E-state index contributed by atoms with van der Waals surface area (Å²) >= 11 is 0. The Morgan fingerprint density at radius 1 is 1.12 bits per heavy atom. The molecule has 1 N–H and O–H groups in total. The number of hydrogen-bond donors (Lipinski definition) is 1. The molecule has 0 saturated heterocycles. The van der Waals surface area contributed by atoms with Crippen LogP contribution < -0.4 is 0 Å². The standard InChI is InChI=1S/C18H28O6/c1-2-3-12-23-13-11-15(24-17(21)10-9-16(19)20)18(22)14-7-5-4-6-8-14/h9-10,14-15H,2-8,11-13H2,1H3,(H,19,20)/b10-9+. The lowest BCUT2D eigenvalue weighted by Gasteiger charge is -2.25. The van der Waals surface area contributed by atoms with Gasteiger partial charge >= 0.3 is 11.9 Å². The van der Waals surface area contributed by atoms with Gasteiger partial charge in [0.2, 0.25) is 0 Å². The molecule has 0 aromatic heterocycles. The summed E-state index contributed by atoms with van der Waals surface area (Å²) in [5, 5.41) is 8.55. The highest BCUT2D eigenvalue weighted by atomic mass is 16.5. The van der Waals surface area contributed by atoms with E-state index >= 15 is 0 Å². The molecule has 6 nitrogen and oxygen atoms in total. The van der Waals surface area contributed by atoms with Gasteiger partial charge < -0.3 is 14.6 Å². The Morgan fingerprint density at radius 3 is 2.46 bits per heavy atom. The molecule has 24 heavy (non-hydrogen) atoms. The molecule has 6 heteroatoms. The fourth-order valence-corrected chi connectivity index (χ4v) is 2.77. The number of ether oxygens (including phenoxy) is 2. The van der Waals surface area contributed by atoms with Crippen molar-refractivity contribution in [3.63, 3.8) is 0 Å². The minimum Gasteiger partial charge on any atom is -0.478 e. The average molecular weight is 340 g/mol. The van der Waals surface area contributed by atoms with Crippen LogP contribution in [-0.2, 0) is 23.9 Å². The molecule has 0 heterocycles. The minimum absolute atomic E-state index is 0.0640. The molecule has 0 aromatic carbocycles. The van der Waals surface area contributed by atoms with Crippen LogP contribution in [0.1, 0.15) is 58.3 Å². The van der Waals surface area contributed by atoms with Gasteiger partial charge in [-0.3, -0.25) is 4.79 Å². The Balaban J connectivity index is 2.58. The quantitative estimate of drug-likeness (QED) is 0.353. The van der Waals surface area contributed by atoms with Gasteiger partial charge in [0.05, 0.1) is 6.61 Å². The largest absolute Gasteiger partial charge is 0.478 e. The second-order valence-electron chi connectivity index (χ2n) is 6.09. The molecule has 1 saturated carbocycles. The van der Waals surface area contributed by atoms with Crippen molar-refractivity contribution in [1.82, 2.24) is 0 Å². The number of carbonyl (C=O) groups is 3. The zero-order chi connectivity index (χ0) is 17.8. The first-order valence-corrected chi connectivity index (χ1v) is 8.77. The number of unbranched alkanes of at least 4 members (excludes halogenated alkanes) is 1. The number of hydrogen-bond acceptors (Lipinski definition) is 5. The van der Waals surface area contributed by atoms with E-state index in [-0.39, 0.29) is 11.7 Å². The van der Waals surface area contributed by atoms with Crippen LogP contribution in [0.15, 0.2) is 12.2 Å². The summed E-state index contributed by atoms with van der Waals surface area (Å²) in [6.07, 6.45) is 7.79. The maximum atomic E-state index is 12.6. The zero-order valence-corrected chi connectivity index (χ0v) is 14.4. The molecule has 1 unspecified atom stereocenters. The van der Waals surface area contributed by atoms with Crippen molar-refractivity contribution in [2.45, 2.75) is 64.4 Å². The zero-order valence-electron chi connectivity index (χ0n) is 14.4. The van der Waals surface area contributed by atoms with E-state index < -0.39 is 18.0 Å². The third kappa shape index (κ3) is 8.24. The van der Waals surface area contributed by atoms with Crippen LogP contribution in [0.25, 0.3) is 0 Å². The van der Waals surface area contributed by atoms with Crippen molar-refractivity contribution in [3.8, 4) is 0 Å². The third-order valence-electron chi connectivity index (χ3n) is 4.11. The minimum atomic E-state index is -1.23. The molecule has 0 radical (unpaired) electrons. The highest BCUT2D eigenvalue weighted by Gasteiger charge is 2.30. The van der Waals surface area contributed by atoms with Crippen LogP contribution in [0.4, 0.5) is 0 Å². The number of carboxylic acids is 1. The monoisotopic (exact) mass is 340 g/mol. The Labute approximate surface area is 143 Å². The van der Waals surface area contributed by atoms with Crippen molar-refractivity contribution < 1.29 is 29.0 Å². The Hall–Kier alpha value is -1.69. The molecule has 136 valence electrons. The molecule has 1 fully saturated rings. The summed E-state index contributed by atoms with van der Waals surface area (Å²) in [6, 6.07) is 0. The van der Waals surface area contributed by atoms with Gasteiger partial charge in [0, 0.05) is 31.1 Å². The van der Waals surface area contributed by atoms with E-state index in [4.69, 9.17) is 14.6 Å². The summed E-state index contributed by atoms with van der Waals surface area (Å²) in [6.45, 7) is 3.03. The molecule has 1 rings (SSSR count). The lowest BCUT2D eigenvalue weighted by Crippen LogP contribution is -2.34. The fourth-order valence-electron chi connectivity index (χ4n) is 2.77. The van der Waals surface area contributed by atoms with Crippen LogP contribution in [0.2, 0.25) is 0 Å². The second-order valence-corrected chi connectivity index (χ2v) is 6.09. The number of ketones is 1. The Bertz CT molecular complexity index is 437. The number of esters is 1. The van der Waals surface area contributed by atoms with Crippen LogP contribution in [-0.4, -0.2) is 42.1 Å². The van der Waals surface area contributed by atoms with E-state index in [0.717, 1.165) is 51.0 Å². The van der Waals surface area contributed by atoms with Crippen LogP contribution in [0.5, 0.6) is 0 Å². The molecule has 0 spiro atoms. The summed E-state index contributed by atoms with van der Waals surface area (Å²) in [5.41, 5.74) is 0. The lowest BCUT2D eigenvalue weighted by atomic mass is 9.84. The molecular formula is C18H28O6. The lowest BCUT2D eigenvalue weighted by molar-refractivity contribution is -0.153. The van der Waals surface area contributed by atoms with E-state index in [1.54, 1.807) is 0 Å². The Kier molecular flexibility index (Phi) is 10.00. The first-order chi connectivity index (χ1) is 11.5. The number of carbonyl (C=O) groups excluding carboxylic acids is 2. The van der Waals surface area contributed by atoms with E-state index in [9.17, 15) is 14.4 Å². The van der Waals surface area contributed by atoms with Crippen LogP contribution in [0, 0.1) is 5.92 Å². The first kappa shape index (κ1) is 20.4. The molecule has 1 aliphatic rings. The van der Waals surface area contributed by atoms with Crippen LogP contribution in [0.3, 0.4) is 0 Å². The maximum absolute atomic E-state index is 12.6. The predicted molar refractivity (Wildman–Crippen MR) is 88.6 cm³/mol. The van der Waals surface area contributed by atoms with Crippen LogP contribution >= 0.6 is 0 Å². The maximum Gasteiger partial charge on any atom is 0.331 e. The number of rotatable bonds is 11. The Morgan fingerprint density at radius 2 is 1.83 bits per heavy atom. The van der Waals surface area contributed by atoms with Gasteiger partial charge in [-0.1, -0.05) is 32.6 Å². The molecule has 1 aliphatic carbocycles. The third-order valence-corrected chi connectivity index (χ3v) is 4.11. The average Bonchev–Trinajstić information content (AvgIpc) is 2.59. The number of aliphatic carboxylic acids is 1. The number of Topliss-reactive ketones (excluding diaryl/α,β-unsaturated/α-hetero) is 1. The molecule has 0 aromatic rings. The van der Waals surface area contributed by atoms with Gasteiger partial charge in [-0.15, -0.1) is 0 Å². The van der Waals surface area contributed by atoms with Gasteiger partial charge in [0.1, 0.15) is 0 Å². The summed E-state index contributed by atoms with van der Waals surface area (Å²) < 4.78 is 10.7. The molecule has 0 bridgehead atoms. The van der Waals surface area contributed by atoms with E-state index in [1.165, 1.54) is 0 Å². The normalized spacial score (nSPS) is 16.9. The highest BCUT2D eigenvalue weighted by Crippen LogP contribution is 2.26. The van der Waals surface area contributed by atoms with E-state index in [0.29, 0.717) is 25.7 Å². The molecule has 0 aliphatic heterocycles. The smallest absolute Gasteiger partial charge is 0.331 e. The topological polar surface area (TPSA) is 89.9 Å². The molecule has 0 amide bonds. The van der Waals surface area contributed by atoms with Gasteiger partial charge in [-0.25, -0.2) is 9.59 Å². The van der Waals surface area contributed by atoms with Gasteiger partial charge in [0.25, 0.3) is 0 Å². The fraction of sp³-hybridized carbons (Fsp3) is 0.722. The second kappa shape index (κ2) is 11.8. The van der Waals surface area contributed by atoms with E-state index in [2.05, 4.69) is 6.92 Å². The summed E-state index contributed by atoms with van der Waals surface area (Å²) in [5.74, 6) is -2.17. The first-order valence-electron chi connectivity index (χ1n) is 8.77. The van der Waals surface area contributed by atoms with Crippen molar-refractivity contribution in [1.29, 1.82) is 0 Å². The van der Waals surface area contributed by atoms with Gasteiger partial charge in [-0.05, 0) is 19.3 Å². The van der Waals surface area contributed by atoms with E-state index in [1.807, 2.05) is 0 Å². The summed E-state index contributed by atoms with van der Waals surface area (Å²) in [7, 11) is 0. The number of carboxylic acid groups (broad SMARTS) is 1. The molecular weight excluding hydrogens is 312 g/mol. The van der Waals surface area contributed by atoms with Crippen molar-refractivity contribution in [2.24, 2.45) is 5.92 Å². The van der Waals surface area contributed by atoms with Crippen molar-refractivity contribution >= 4 is 17.7 Å². The van der Waals surface area contributed by atoms with Gasteiger partial charge in [-0.2, -0.15) is 0 Å². The summed E-state index contributed by atoms with van der Waals surface area (Å²) in [4.78, 5) is 34.8. The highest BCUT2D eigenvalue weighted by molar-refractivity contribution is 5.93.